The molecule has 0 aliphatic carbocycles. The molecule has 1 heterocycles. The number of likely N-dealkylation sites (tertiary alicyclic amines) is 1. The molecule has 1 atom stereocenters. The Bertz CT molecular complexity index is 1110. The maximum Gasteiger partial charge on any atom is 0.329 e. The molecule has 4 nitrogen and oxygen atoms in total. The van der Waals surface area contributed by atoms with E-state index in [1.165, 1.54) is 0 Å². The van der Waals surface area contributed by atoms with Gasteiger partial charge < -0.3 is 9.64 Å². The molecule has 0 aromatic heterocycles. The van der Waals surface area contributed by atoms with Gasteiger partial charge in [0.05, 0.1) is 6.04 Å². The first-order chi connectivity index (χ1) is 16.3. The minimum Gasteiger partial charge on any atom is -0.458 e. The number of hydrogen-bond acceptors (Lipinski definition) is 4. The van der Waals surface area contributed by atoms with E-state index in [-0.39, 0.29) is 17.8 Å². The van der Waals surface area contributed by atoms with E-state index in [9.17, 15) is 9.59 Å². The highest BCUT2D eigenvalue weighted by Gasteiger charge is 2.41. The van der Waals surface area contributed by atoms with Gasteiger partial charge in [0, 0.05) is 17.3 Å². The van der Waals surface area contributed by atoms with Crippen LogP contribution in [0.4, 0.5) is 0 Å². The summed E-state index contributed by atoms with van der Waals surface area (Å²) in [4.78, 5) is 28.6. The summed E-state index contributed by atoms with van der Waals surface area (Å²) < 4.78 is 5.82. The molecule has 0 radical (unpaired) electrons. The Morgan fingerprint density at radius 1 is 0.853 bits per heavy atom. The third-order valence-electron chi connectivity index (χ3n) is 5.89. The minimum atomic E-state index is -0.593. The van der Waals surface area contributed by atoms with Crippen molar-refractivity contribution in [2.24, 2.45) is 0 Å². The number of rotatable bonds is 6. The Balaban J connectivity index is 1.81. The molecule has 0 saturated carbocycles. The van der Waals surface area contributed by atoms with Crippen molar-refractivity contribution in [2.45, 2.75) is 51.3 Å². The molecule has 0 bridgehead atoms. The van der Waals surface area contributed by atoms with Gasteiger partial charge in [0.1, 0.15) is 11.6 Å². The fourth-order valence-electron chi connectivity index (χ4n) is 4.47. The monoisotopic (exact) mass is 453 g/mol. The zero-order chi connectivity index (χ0) is 24.1. The number of ether oxygens (including phenoxy) is 1. The molecule has 0 N–H and O–H groups in total. The van der Waals surface area contributed by atoms with Crippen molar-refractivity contribution in [2.75, 3.05) is 0 Å². The van der Waals surface area contributed by atoms with Gasteiger partial charge in [-0.3, -0.25) is 4.79 Å². The van der Waals surface area contributed by atoms with Crippen molar-refractivity contribution in [3.63, 3.8) is 0 Å². The molecule has 4 heteroatoms. The summed E-state index contributed by atoms with van der Waals surface area (Å²) in [6.07, 6.45) is 2.91. The molecule has 1 unspecified atom stereocenters. The van der Waals surface area contributed by atoms with Crippen molar-refractivity contribution in [1.29, 1.82) is 0 Å². The summed E-state index contributed by atoms with van der Waals surface area (Å²) in [6, 6.07) is 28.8. The summed E-state index contributed by atoms with van der Waals surface area (Å²) in [7, 11) is 0. The van der Waals surface area contributed by atoms with Crippen LogP contribution in [0.5, 0.6) is 0 Å². The molecule has 1 aliphatic rings. The number of nitrogens with zero attached hydrogens (tertiary/aromatic N) is 1. The molecule has 3 aromatic rings. The molecule has 174 valence electrons. The Morgan fingerprint density at radius 2 is 1.35 bits per heavy atom. The SMILES string of the molecule is CC(C)(C)OC(=O)C1CC/C(=C\C(=O)c2ccccc2)N1C(c1ccccc1)c1ccccc1. The van der Waals surface area contributed by atoms with Gasteiger partial charge in [-0.15, -0.1) is 0 Å². The maximum atomic E-state index is 13.4. The number of carbonyl (C=O) groups excluding carboxylic acids is 2. The molecular weight excluding hydrogens is 422 g/mol. The first kappa shape index (κ1) is 23.5. The lowest BCUT2D eigenvalue weighted by molar-refractivity contribution is -0.160. The summed E-state index contributed by atoms with van der Waals surface area (Å²) in [5.74, 6) is -0.328. The van der Waals surface area contributed by atoms with Crippen LogP contribution in [0.3, 0.4) is 0 Å². The van der Waals surface area contributed by atoms with Crippen LogP contribution in [-0.2, 0) is 9.53 Å². The molecular formula is C30H31NO3. The normalized spacial score (nSPS) is 17.2. The van der Waals surface area contributed by atoms with Crippen molar-refractivity contribution in [3.05, 3.63) is 119 Å². The molecule has 1 saturated heterocycles. The zero-order valence-electron chi connectivity index (χ0n) is 20.0. The summed E-state index contributed by atoms with van der Waals surface area (Å²) >= 11 is 0. The lowest BCUT2D eigenvalue weighted by Gasteiger charge is -2.36. The van der Waals surface area contributed by atoms with E-state index in [0.717, 1.165) is 16.8 Å². The topological polar surface area (TPSA) is 46.6 Å². The van der Waals surface area contributed by atoms with Crippen LogP contribution in [0.25, 0.3) is 0 Å². The predicted molar refractivity (Wildman–Crippen MR) is 134 cm³/mol. The molecule has 4 rings (SSSR count). The molecule has 3 aromatic carbocycles. The van der Waals surface area contributed by atoms with Crippen molar-refractivity contribution < 1.29 is 14.3 Å². The second kappa shape index (κ2) is 10.1. The van der Waals surface area contributed by atoms with E-state index in [0.29, 0.717) is 18.4 Å². The average molecular weight is 454 g/mol. The molecule has 34 heavy (non-hydrogen) atoms. The van der Waals surface area contributed by atoms with Gasteiger partial charge in [-0.1, -0.05) is 91.0 Å². The lowest BCUT2D eigenvalue weighted by Crippen LogP contribution is -2.42. The van der Waals surface area contributed by atoms with Crippen molar-refractivity contribution >= 4 is 11.8 Å². The largest absolute Gasteiger partial charge is 0.458 e. The van der Waals surface area contributed by atoms with Gasteiger partial charge in [0.2, 0.25) is 0 Å². The number of esters is 1. The molecule has 0 spiro atoms. The number of benzene rings is 3. The van der Waals surface area contributed by atoms with Crippen LogP contribution >= 0.6 is 0 Å². The predicted octanol–water partition coefficient (Wildman–Crippen LogP) is 6.35. The van der Waals surface area contributed by atoms with Crippen LogP contribution < -0.4 is 0 Å². The fraction of sp³-hybridized carbons (Fsp3) is 0.267. The molecule has 0 amide bonds. The van der Waals surface area contributed by atoms with Crippen LogP contribution in [0.2, 0.25) is 0 Å². The van der Waals surface area contributed by atoms with Gasteiger partial charge in [-0.25, -0.2) is 4.79 Å². The highest BCUT2D eigenvalue weighted by Crippen LogP contribution is 2.41. The number of hydrogen-bond donors (Lipinski definition) is 0. The number of carbonyl (C=O) groups is 2. The maximum absolute atomic E-state index is 13.4. The second-order valence-electron chi connectivity index (χ2n) is 9.59. The summed E-state index contributed by atoms with van der Waals surface area (Å²) in [5.41, 5.74) is 3.00. The van der Waals surface area contributed by atoms with E-state index in [1.54, 1.807) is 6.08 Å². The molecule has 1 fully saturated rings. The van der Waals surface area contributed by atoms with Gasteiger partial charge in [-0.2, -0.15) is 0 Å². The number of allylic oxidation sites excluding steroid dienone is 2. The third kappa shape index (κ3) is 5.45. The van der Waals surface area contributed by atoms with Crippen molar-refractivity contribution in [3.8, 4) is 0 Å². The summed E-state index contributed by atoms with van der Waals surface area (Å²) in [6.45, 7) is 5.64. The van der Waals surface area contributed by atoms with Gasteiger partial charge in [-0.05, 0) is 44.7 Å². The minimum absolute atomic E-state index is 0.0645. The Kier molecular flexibility index (Phi) is 6.97. The van der Waals surface area contributed by atoms with Gasteiger partial charge in [0.25, 0.3) is 0 Å². The van der Waals surface area contributed by atoms with Crippen LogP contribution in [-0.4, -0.2) is 28.3 Å². The first-order valence-electron chi connectivity index (χ1n) is 11.7. The van der Waals surface area contributed by atoms with Crippen molar-refractivity contribution in [1.82, 2.24) is 4.90 Å². The van der Waals surface area contributed by atoms with Crippen LogP contribution in [0, 0.1) is 0 Å². The Morgan fingerprint density at radius 3 is 1.85 bits per heavy atom. The van der Waals surface area contributed by atoms with Crippen LogP contribution in [0.1, 0.15) is 61.1 Å². The Labute approximate surface area is 201 Å². The second-order valence-corrected chi connectivity index (χ2v) is 9.59. The zero-order valence-corrected chi connectivity index (χ0v) is 20.0. The van der Waals surface area contributed by atoms with E-state index in [1.807, 2.05) is 87.5 Å². The van der Waals surface area contributed by atoms with E-state index >= 15 is 0 Å². The quantitative estimate of drug-likeness (QED) is 0.248. The van der Waals surface area contributed by atoms with E-state index in [2.05, 4.69) is 29.2 Å². The lowest BCUT2D eigenvalue weighted by atomic mass is 9.95. The first-order valence-corrected chi connectivity index (χ1v) is 11.7. The fourth-order valence-corrected chi connectivity index (χ4v) is 4.47. The third-order valence-corrected chi connectivity index (χ3v) is 5.89. The summed E-state index contributed by atoms with van der Waals surface area (Å²) in [5, 5.41) is 0. The number of ketones is 1. The highest BCUT2D eigenvalue weighted by molar-refractivity contribution is 6.05. The Hall–Kier alpha value is -3.66. The van der Waals surface area contributed by atoms with Gasteiger partial charge >= 0.3 is 5.97 Å². The van der Waals surface area contributed by atoms with E-state index < -0.39 is 11.6 Å². The molecule has 1 aliphatic heterocycles. The smallest absolute Gasteiger partial charge is 0.329 e. The highest BCUT2D eigenvalue weighted by atomic mass is 16.6. The average Bonchev–Trinajstić information content (AvgIpc) is 3.23. The van der Waals surface area contributed by atoms with E-state index in [4.69, 9.17) is 4.74 Å². The standard InChI is InChI=1S/C30H31NO3/c1-30(2,3)34-29(33)26-20-19-25(21-27(32)22-13-7-4-8-14-22)31(26)28(23-15-9-5-10-16-23)24-17-11-6-12-18-24/h4-18,21,26,28H,19-20H2,1-3H3/b25-21+. The van der Waals surface area contributed by atoms with Gasteiger partial charge in [0.15, 0.2) is 5.78 Å². The van der Waals surface area contributed by atoms with Crippen LogP contribution in [0.15, 0.2) is 103 Å².